The number of hydrogen-bond acceptors (Lipinski definition) is 4. The minimum atomic E-state index is -4.46. The van der Waals surface area contributed by atoms with E-state index >= 15 is 0 Å². The molecule has 0 radical (unpaired) electrons. The van der Waals surface area contributed by atoms with Gasteiger partial charge in [-0.1, -0.05) is 20.8 Å². The number of halogens is 3. The van der Waals surface area contributed by atoms with Crippen molar-refractivity contribution < 1.29 is 17.9 Å². The molecule has 3 aromatic rings. The number of rotatable bonds is 4. The molecule has 0 saturated carbocycles. The van der Waals surface area contributed by atoms with Gasteiger partial charge in [0.15, 0.2) is 0 Å². The topological polar surface area (TPSA) is 63.7 Å². The molecule has 0 saturated heterocycles. The van der Waals surface area contributed by atoms with Crippen molar-refractivity contribution in [3.8, 4) is 28.5 Å². The summed E-state index contributed by atoms with van der Waals surface area (Å²) in [5.41, 5.74) is 2.04. The van der Waals surface area contributed by atoms with Gasteiger partial charge < -0.3 is 9.72 Å². The van der Waals surface area contributed by atoms with Gasteiger partial charge in [0, 0.05) is 29.6 Å². The third kappa shape index (κ3) is 4.68. The number of ether oxygens (including phenoxy) is 1. The fraction of sp³-hybridized carbons (Fsp3) is 0.350. The molecule has 5 nitrogen and oxygen atoms in total. The summed E-state index contributed by atoms with van der Waals surface area (Å²) in [6, 6.07) is 5.24. The zero-order valence-electron chi connectivity index (χ0n) is 16.1. The lowest BCUT2D eigenvalue weighted by Gasteiger charge is -2.18. The van der Waals surface area contributed by atoms with Crippen LogP contribution >= 0.6 is 0 Å². The molecule has 0 spiro atoms. The number of nitrogens with zero attached hydrogens (tertiary/aromatic N) is 3. The van der Waals surface area contributed by atoms with Gasteiger partial charge in [-0.15, -0.1) is 0 Å². The number of aryl methyl sites for hydroxylation is 1. The first-order valence-corrected chi connectivity index (χ1v) is 8.71. The summed E-state index contributed by atoms with van der Waals surface area (Å²) in [6.07, 6.45) is -0.520. The minimum Gasteiger partial charge on any atom is -0.477 e. The average Bonchev–Trinajstić information content (AvgIpc) is 3.10. The quantitative estimate of drug-likeness (QED) is 0.658. The molecule has 0 amide bonds. The maximum Gasteiger partial charge on any atom is 0.432 e. The van der Waals surface area contributed by atoms with E-state index in [4.69, 9.17) is 4.74 Å². The third-order valence-electron chi connectivity index (χ3n) is 3.93. The van der Waals surface area contributed by atoms with Crippen molar-refractivity contribution in [2.75, 3.05) is 6.61 Å². The Hall–Kier alpha value is -2.90. The van der Waals surface area contributed by atoms with E-state index in [0.717, 1.165) is 17.3 Å². The van der Waals surface area contributed by atoms with Crippen LogP contribution < -0.4 is 4.74 Å². The number of alkyl halides is 3. The van der Waals surface area contributed by atoms with Crippen molar-refractivity contribution in [3.05, 3.63) is 48.0 Å². The molecule has 8 heteroatoms. The van der Waals surface area contributed by atoms with Crippen LogP contribution in [0.25, 0.3) is 22.6 Å². The molecule has 0 unspecified atom stereocenters. The predicted octanol–water partition coefficient (Wildman–Crippen LogP) is 5.29. The second-order valence-corrected chi connectivity index (χ2v) is 7.76. The number of nitrogens with one attached hydrogen (secondary N) is 1. The normalized spacial score (nSPS) is 12.2. The Morgan fingerprint density at radius 2 is 1.75 bits per heavy atom. The number of imidazole rings is 1. The lowest BCUT2D eigenvalue weighted by atomic mass is 9.99. The molecule has 0 aliphatic carbocycles. The molecule has 0 bridgehead atoms. The van der Waals surface area contributed by atoms with Crippen LogP contribution in [0.5, 0.6) is 5.88 Å². The molecule has 0 aliphatic rings. The molecule has 28 heavy (non-hydrogen) atoms. The standard InChI is InChI=1S/C20H21F3N4O/c1-12-7-17(28-11-19(2,3)4)25-9-14(12)15-6-5-13(8-24-15)18-26-10-16(27-18)20(21,22)23/h5-10H,11H2,1-4H3,(H,26,27). The van der Waals surface area contributed by atoms with Crippen LogP contribution in [-0.2, 0) is 6.18 Å². The van der Waals surface area contributed by atoms with Gasteiger partial charge in [-0.25, -0.2) is 9.97 Å². The second-order valence-electron chi connectivity index (χ2n) is 7.76. The van der Waals surface area contributed by atoms with E-state index < -0.39 is 11.9 Å². The largest absolute Gasteiger partial charge is 0.477 e. The number of hydrogen-bond donors (Lipinski definition) is 1. The molecule has 0 atom stereocenters. The average molecular weight is 390 g/mol. The van der Waals surface area contributed by atoms with Gasteiger partial charge in [0.2, 0.25) is 5.88 Å². The van der Waals surface area contributed by atoms with Crippen LogP contribution in [0.4, 0.5) is 13.2 Å². The highest BCUT2D eigenvalue weighted by Crippen LogP contribution is 2.30. The smallest absolute Gasteiger partial charge is 0.432 e. The maximum absolute atomic E-state index is 12.7. The fourth-order valence-corrected chi connectivity index (χ4v) is 2.47. The van der Waals surface area contributed by atoms with Crippen molar-refractivity contribution in [1.29, 1.82) is 0 Å². The van der Waals surface area contributed by atoms with E-state index in [-0.39, 0.29) is 11.2 Å². The highest BCUT2D eigenvalue weighted by molar-refractivity contribution is 5.65. The Kier molecular flexibility index (Phi) is 5.14. The first kappa shape index (κ1) is 19.9. The molecule has 0 aromatic carbocycles. The van der Waals surface area contributed by atoms with Gasteiger partial charge >= 0.3 is 6.18 Å². The molecule has 3 aromatic heterocycles. The molecule has 0 fully saturated rings. The Balaban J connectivity index is 1.79. The Labute approximate surface area is 161 Å². The van der Waals surface area contributed by atoms with Gasteiger partial charge in [0.25, 0.3) is 0 Å². The van der Waals surface area contributed by atoms with E-state index in [1.165, 1.54) is 6.20 Å². The Bertz CT molecular complexity index is 957. The summed E-state index contributed by atoms with van der Waals surface area (Å²) in [6.45, 7) is 8.72. The number of pyridine rings is 2. The Morgan fingerprint density at radius 3 is 2.29 bits per heavy atom. The van der Waals surface area contributed by atoms with Crippen LogP contribution in [0.3, 0.4) is 0 Å². The van der Waals surface area contributed by atoms with Gasteiger partial charge in [-0.05, 0) is 30.0 Å². The van der Waals surface area contributed by atoms with E-state index in [1.54, 1.807) is 18.3 Å². The highest BCUT2D eigenvalue weighted by Gasteiger charge is 2.33. The summed E-state index contributed by atoms with van der Waals surface area (Å²) in [5.74, 6) is 0.662. The second kappa shape index (κ2) is 7.26. The summed E-state index contributed by atoms with van der Waals surface area (Å²) in [4.78, 5) is 14.7. The van der Waals surface area contributed by atoms with Gasteiger partial charge in [0.1, 0.15) is 11.5 Å². The fourth-order valence-electron chi connectivity index (χ4n) is 2.47. The zero-order chi connectivity index (χ0) is 20.5. The molecule has 1 N–H and O–H groups in total. The van der Waals surface area contributed by atoms with Crippen molar-refractivity contribution in [1.82, 2.24) is 19.9 Å². The molecular weight excluding hydrogens is 369 g/mol. The molecule has 3 heterocycles. The molecule has 148 valence electrons. The third-order valence-corrected chi connectivity index (χ3v) is 3.93. The zero-order valence-corrected chi connectivity index (χ0v) is 16.1. The summed E-state index contributed by atoms with van der Waals surface area (Å²) in [7, 11) is 0. The van der Waals surface area contributed by atoms with Crippen LogP contribution in [0.2, 0.25) is 0 Å². The molecular formula is C20H21F3N4O. The maximum atomic E-state index is 12.7. The monoisotopic (exact) mass is 390 g/mol. The summed E-state index contributed by atoms with van der Waals surface area (Å²) >= 11 is 0. The minimum absolute atomic E-state index is 0.0312. The number of aromatic amines is 1. The Morgan fingerprint density at radius 1 is 1.00 bits per heavy atom. The van der Waals surface area contributed by atoms with E-state index in [2.05, 4.69) is 40.7 Å². The molecule has 3 rings (SSSR count). The lowest BCUT2D eigenvalue weighted by molar-refractivity contribution is -0.140. The van der Waals surface area contributed by atoms with E-state index in [0.29, 0.717) is 23.7 Å². The van der Waals surface area contributed by atoms with Crippen molar-refractivity contribution in [3.63, 3.8) is 0 Å². The SMILES string of the molecule is Cc1cc(OCC(C)(C)C)ncc1-c1ccc(-c2ncc(C(F)(F)F)[nH]2)cn1. The summed E-state index contributed by atoms with van der Waals surface area (Å²) in [5, 5.41) is 0. The van der Waals surface area contributed by atoms with Gasteiger partial charge in [-0.3, -0.25) is 4.98 Å². The summed E-state index contributed by atoms with van der Waals surface area (Å²) < 4.78 is 43.8. The molecule has 0 aliphatic heterocycles. The van der Waals surface area contributed by atoms with Crippen LogP contribution in [0.15, 0.2) is 36.8 Å². The van der Waals surface area contributed by atoms with Crippen molar-refractivity contribution >= 4 is 0 Å². The van der Waals surface area contributed by atoms with Crippen LogP contribution in [0, 0.1) is 12.3 Å². The number of aromatic nitrogens is 4. The predicted molar refractivity (Wildman–Crippen MR) is 99.7 cm³/mol. The van der Waals surface area contributed by atoms with Crippen LogP contribution in [-0.4, -0.2) is 26.5 Å². The highest BCUT2D eigenvalue weighted by atomic mass is 19.4. The van der Waals surface area contributed by atoms with Gasteiger partial charge in [0.05, 0.1) is 18.5 Å². The van der Waals surface area contributed by atoms with E-state index in [1.807, 2.05) is 13.0 Å². The lowest BCUT2D eigenvalue weighted by Crippen LogP contribution is -2.17. The van der Waals surface area contributed by atoms with Crippen molar-refractivity contribution in [2.45, 2.75) is 33.9 Å². The number of H-pyrrole nitrogens is 1. The first-order valence-electron chi connectivity index (χ1n) is 8.71. The van der Waals surface area contributed by atoms with E-state index in [9.17, 15) is 13.2 Å². The van der Waals surface area contributed by atoms with Crippen LogP contribution in [0.1, 0.15) is 32.0 Å². The van der Waals surface area contributed by atoms with Gasteiger partial charge in [-0.2, -0.15) is 13.2 Å². The first-order chi connectivity index (χ1) is 13.0. The van der Waals surface area contributed by atoms with Crippen molar-refractivity contribution in [2.24, 2.45) is 5.41 Å².